The van der Waals surface area contributed by atoms with Crippen molar-refractivity contribution in [2.45, 2.75) is 20.1 Å². The van der Waals surface area contributed by atoms with Gasteiger partial charge in [0.2, 0.25) is 5.91 Å². The Morgan fingerprint density at radius 2 is 1.86 bits per heavy atom. The Bertz CT molecular complexity index is 663. The van der Waals surface area contributed by atoms with Crippen molar-refractivity contribution in [2.24, 2.45) is 0 Å². The summed E-state index contributed by atoms with van der Waals surface area (Å²) in [4.78, 5) is 28.1. The average molecular weight is 395 g/mol. The predicted octanol–water partition coefficient (Wildman–Crippen LogP) is 1.46. The normalized spacial score (nSPS) is 14.0. The number of carbonyl (C=O) groups is 2. The van der Waals surface area contributed by atoms with Crippen molar-refractivity contribution in [2.75, 3.05) is 58.5 Å². The highest BCUT2D eigenvalue weighted by molar-refractivity contribution is 5.97. The molecule has 0 radical (unpaired) electrons. The molecule has 156 valence electrons. The summed E-state index contributed by atoms with van der Waals surface area (Å²) in [6, 6.07) is 5.00. The summed E-state index contributed by atoms with van der Waals surface area (Å²) in [5.74, 6) is 0.923. The summed E-state index contributed by atoms with van der Waals surface area (Å²) in [5.41, 5.74) is 0.613. The molecule has 0 aliphatic carbocycles. The number of rotatable bonds is 11. The number of carbonyl (C=O) groups excluding carboxylic acids is 2. The van der Waals surface area contributed by atoms with Crippen LogP contribution in [0.4, 0.5) is 10.5 Å². The van der Waals surface area contributed by atoms with Gasteiger partial charge in [0.1, 0.15) is 18.0 Å². The van der Waals surface area contributed by atoms with E-state index in [1.807, 2.05) is 13.8 Å². The van der Waals surface area contributed by atoms with E-state index in [1.165, 1.54) is 4.90 Å². The standard InChI is InChI=1S/C19H29N3O6/c1-5-27-18(28-6-2)12-20-17(23)13-21-9-10-22(19(21)24)15-11-14(25-3)7-8-16(15)26-4/h7-8,11,18H,5-6,9-10,12-13H2,1-4H3,(H,20,23). The average Bonchev–Trinajstić information content (AvgIpc) is 3.06. The predicted molar refractivity (Wildman–Crippen MR) is 104 cm³/mol. The molecule has 1 aromatic carbocycles. The summed E-state index contributed by atoms with van der Waals surface area (Å²) in [6.45, 7) is 5.78. The summed E-state index contributed by atoms with van der Waals surface area (Å²) < 4.78 is 21.4. The molecule has 1 aliphatic rings. The van der Waals surface area contributed by atoms with Crippen molar-refractivity contribution in [1.82, 2.24) is 10.2 Å². The van der Waals surface area contributed by atoms with Gasteiger partial charge in [-0.05, 0) is 26.0 Å². The van der Waals surface area contributed by atoms with Crippen LogP contribution < -0.4 is 19.7 Å². The van der Waals surface area contributed by atoms with Gasteiger partial charge in [-0.2, -0.15) is 0 Å². The number of urea groups is 1. The molecule has 1 saturated heterocycles. The largest absolute Gasteiger partial charge is 0.497 e. The number of hydrogen-bond donors (Lipinski definition) is 1. The van der Waals surface area contributed by atoms with Gasteiger partial charge in [-0.3, -0.25) is 9.69 Å². The highest BCUT2D eigenvalue weighted by Gasteiger charge is 2.32. The van der Waals surface area contributed by atoms with E-state index in [0.29, 0.717) is 43.5 Å². The summed E-state index contributed by atoms with van der Waals surface area (Å²) in [6.07, 6.45) is -0.495. The molecule has 9 nitrogen and oxygen atoms in total. The maximum absolute atomic E-state index is 12.8. The molecule has 28 heavy (non-hydrogen) atoms. The first-order chi connectivity index (χ1) is 13.5. The number of nitrogens with one attached hydrogen (secondary N) is 1. The Labute approximate surface area is 165 Å². The van der Waals surface area contributed by atoms with Crippen LogP contribution >= 0.6 is 0 Å². The number of methoxy groups -OCH3 is 2. The van der Waals surface area contributed by atoms with Gasteiger partial charge in [0, 0.05) is 32.4 Å². The number of ether oxygens (including phenoxy) is 4. The van der Waals surface area contributed by atoms with Crippen molar-refractivity contribution in [1.29, 1.82) is 0 Å². The topological polar surface area (TPSA) is 89.6 Å². The van der Waals surface area contributed by atoms with E-state index in [-0.39, 0.29) is 25.0 Å². The Morgan fingerprint density at radius 3 is 2.46 bits per heavy atom. The lowest BCUT2D eigenvalue weighted by Crippen LogP contribution is -2.43. The molecule has 1 N–H and O–H groups in total. The van der Waals surface area contributed by atoms with Crippen LogP contribution in [0.15, 0.2) is 18.2 Å². The van der Waals surface area contributed by atoms with Crippen molar-refractivity contribution >= 4 is 17.6 Å². The molecule has 1 aliphatic heterocycles. The molecule has 1 aromatic rings. The third-order valence-corrected chi connectivity index (χ3v) is 4.28. The molecule has 3 amide bonds. The third-order valence-electron chi connectivity index (χ3n) is 4.28. The number of anilines is 1. The quantitative estimate of drug-likeness (QED) is 0.571. The lowest BCUT2D eigenvalue weighted by Gasteiger charge is -2.21. The smallest absolute Gasteiger partial charge is 0.325 e. The summed E-state index contributed by atoms with van der Waals surface area (Å²) >= 11 is 0. The molecule has 0 aromatic heterocycles. The molecule has 0 unspecified atom stereocenters. The van der Waals surface area contributed by atoms with Gasteiger partial charge in [-0.1, -0.05) is 0 Å². The lowest BCUT2D eigenvalue weighted by molar-refractivity contribution is -0.140. The van der Waals surface area contributed by atoms with Gasteiger partial charge >= 0.3 is 6.03 Å². The van der Waals surface area contributed by atoms with Crippen LogP contribution in [0.5, 0.6) is 11.5 Å². The van der Waals surface area contributed by atoms with E-state index in [0.717, 1.165) is 0 Å². The van der Waals surface area contributed by atoms with Crippen LogP contribution in [0.1, 0.15) is 13.8 Å². The fraction of sp³-hybridized carbons (Fsp3) is 0.579. The Morgan fingerprint density at radius 1 is 1.14 bits per heavy atom. The Hall–Kier alpha value is -2.52. The molecule has 1 heterocycles. The molecule has 0 spiro atoms. The van der Waals surface area contributed by atoms with Crippen molar-refractivity contribution in [3.05, 3.63) is 18.2 Å². The van der Waals surface area contributed by atoms with Gasteiger partial charge in [-0.25, -0.2) is 4.79 Å². The van der Waals surface area contributed by atoms with Crippen LogP contribution in [0.2, 0.25) is 0 Å². The lowest BCUT2D eigenvalue weighted by atomic mass is 10.2. The Balaban J connectivity index is 1.96. The number of hydrogen-bond acceptors (Lipinski definition) is 6. The Kier molecular flexibility index (Phi) is 8.34. The van der Waals surface area contributed by atoms with E-state index < -0.39 is 6.29 Å². The van der Waals surface area contributed by atoms with Gasteiger partial charge < -0.3 is 29.2 Å². The number of nitrogens with zero attached hydrogens (tertiary/aromatic N) is 2. The zero-order valence-electron chi connectivity index (χ0n) is 16.9. The first kappa shape index (κ1) is 21.8. The van der Waals surface area contributed by atoms with Gasteiger partial charge in [0.15, 0.2) is 6.29 Å². The van der Waals surface area contributed by atoms with Gasteiger partial charge in [0.25, 0.3) is 0 Å². The number of amides is 3. The minimum atomic E-state index is -0.495. The van der Waals surface area contributed by atoms with Crippen molar-refractivity contribution in [3.63, 3.8) is 0 Å². The van der Waals surface area contributed by atoms with E-state index >= 15 is 0 Å². The monoisotopic (exact) mass is 395 g/mol. The molecule has 2 rings (SSSR count). The zero-order chi connectivity index (χ0) is 20.5. The van der Waals surface area contributed by atoms with Gasteiger partial charge in [0.05, 0.1) is 26.5 Å². The first-order valence-corrected chi connectivity index (χ1v) is 9.32. The minimum absolute atomic E-state index is 0.0351. The summed E-state index contributed by atoms with van der Waals surface area (Å²) in [5, 5.41) is 2.75. The molecular weight excluding hydrogens is 366 g/mol. The molecule has 0 saturated carbocycles. The van der Waals surface area contributed by atoms with Crippen molar-refractivity contribution in [3.8, 4) is 11.5 Å². The summed E-state index contributed by atoms with van der Waals surface area (Å²) in [7, 11) is 3.11. The van der Waals surface area contributed by atoms with E-state index in [1.54, 1.807) is 37.3 Å². The van der Waals surface area contributed by atoms with Crippen LogP contribution in [0, 0.1) is 0 Å². The molecule has 0 bridgehead atoms. The highest BCUT2D eigenvalue weighted by atomic mass is 16.7. The van der Waals surface area contributed by atoms with Crippen molar-refractivity contribution < 1.29 is 28.5 Å². The highest BCUT2D eigenvalue weighted by Crippen LogP contribution is 2.34. The van der Waals surface area contributed by atoms with Crippen LogP contribution in [0.3, 0.4) is 0 Å². The van der Waals surface area contributed by atoms with E-state index in [4.69, 9.17) is 18.9 Å². The van der Waals surface area contributed by atoms with Crippen LogP contribution in [0.25, 0.3) is 0 Å². The van der Waals surface area contributed by atoms with E-state index in [2.05, 4.69) is 5.32 Å². The van der Waals surface area contributed by atoms with Gasteiger partial charge in [-0.15, -0.1) is 0 Å². The first-order valence-electron chi connectivity index (χ1n) is 9.32. The maximum Gasteiger partial charge on any atom is 0.325 e. The molecule has 9 heteroatoms. The molecule has 0 atom stereocenters. The fourth-order valence-corrected chi connectivity index (χ4v) is 2.92. The molecular formula is C19H29N3O6. The SMILES string of the molecule is CCOC(CNC(=O)CN1CCN(c2cc(OC)ccc2OC)C1=O)OCC. The molecule has 1 fully saturated rings. The second-order valence-corrected chi connectivity index (χ2v) is 6.04. The van der Waals surface area contributed by atoms with E-state index in [9.17, 15) is 9.59 Å². The number of benzene rings is 1. The maximum atomic E-state index is 12.8. The second kappa shape index (κ2) is 10.7. The fourth-order valence-electron chi connectivity index (χ4n) is 2.92. The second-order valence-electron chi connectivity index (χ2n) is 6.04. The zero-order valence-corrected chi connectivity index (χ0v) is 16.9. The van der Waals surface area contributed by atoms with Crippen LogP contribution in [-0.4, -0.2) is 76.7 Å². The third kappa shape index (κ3) is 5.49. The van der Waals surface area contributed by atoms with Crippen LogP contribution in [-0.2, 0) is 14.3 Å². The minimum Gasteiger partial charge on any atom is -0.497 e.